The first-order valence-corrected chi connectivity index (χ1v) is 7.41. The van der Waals surface area contributed by atoms with Crippen molar-refractivity contribution in [2.45, 2.75) is 10.8 Å². The molecule has 1 aromatic heterocycles. The van der Waals surface area contributed by atoms with E-state index in [9.17, 15) is 8.42 Å². The number of nitrogens with two attached hydrogens (primary N) is 1. The van der Waals surface area contributed by atoms with Gasteiger partial charge in [0, 0.05) is 25.2 Å². The van der Waals surface area contributed by atoms with E-state index in [1.165, 1.54) is 6.26 Å². The number of hydrogen-bond acceptors (Lipinski definition) is 4. The van der Waals surface area contributed by atoms with Crippen LogP contribution in [0.2, 0.25) is 0 Å². The van der Waals surface area contributed by atoms with Crippen LogP contribution in [0.5, 0.6) is 0 Å². The first-order valence-electron chi connectivity index (χ1n) is 5.51. The fraction of sp³-hybridized carbons (Fsp3) is 0.250. The van der Waals surface area contributed by atoms with Crippen LogP contribution in [0.1, 0.15) is 17.3 Å². The third kappa shape index (κ3) is 2.60. The van der Waals surface area contributed by atoms with Gasteiger partial charge in [-0.05, 0) is 17.7 Å². The minimum atomic E-state index is -3.16. The van der Waals surface area contributed by atoms with E-state index in [4.69, 9.17) is 5.73 Å². The van der Waals surface area contributed by atoms with Gasteiger partial charge in [-0.1, -0.05) is 12.1 Å². The van der Waals surface area contributed by atoms with Crippen LogP contribution in [0.4, 0.5) is 0 Å². The van der Waals surface area contributed by atoms with Crippen LogP contribution in [-0.2, 0) is 9.84 Å². The van der Waals surface area contributed by atoms with E-state index in [2.05, 4.69) is 9.97 Å². The number of rotatable bonds is 4. The van der Waals surface area contributed by atoms with Crippen molar-refractivity contribution in [2.24, 2.45) is 5.73 Å². The van der Waals surface area contributed by atoms with Crippen LogP contribution in [0.15, 0.2) is 41.6 Å². The molecule has 6 heteroatoms. The van der Waals surface area contributed by atoms with Crippen molar-refractivity contribution in [3.63, 3.8) is 0 Å². The van der Waals surface area contributed by atoms with Crippen molar-refractivity contribution in [3.05, 3.63) is 48.0 Å². The van der Waals surface area contributed by atoms with Gasteiger partial charge in [0.1, 0.15) is 5.82 Å². The molecular weight excluding hydrogens is 250 g/mol. The summed E-state index contributed by atoms with van der Waals surface area (Å²) >= 11 is 0. The third-order valence-corrected chi connectivity index (χ3v) is 3.92. The molecule has 0 aliphatic rings. The van der Waals surface area contributed by atoms with Crippen molar-refractivity contribution < 1.29 is 8.42 Å². The number of benzene rings is 1. The zero-order valence-corrected chi connectivity index (χ0v) is 10.8. The highest BCUT2D eigenvalue weighted by Gasteiger charge is 2.15. The van der Waals surface area contributed by atoms with Gasteiger partial charge in [0.15, 0.2) is 9.84 Å². The van der Waals surface area contributed by atoms with Crippen molar-refractivity contribution in [2.75, 3.05) is 12.8 Å². The summed E-state index contributed by atoms with van der Waals surface area (Å²) in [6.45, 7) is 0.408. The SMILES string of the molecule is CS(=O)(=O)c1ccc(C(CN)c2ncc[nH]2)cc1. The number of nitrogens with zero attached hydrogens (tertiary/aromatic N) is 1. The van der Waals surface area contributed by atoms with Crippen LogP contribution in [0, 0.1) is 0 Å². The van der Waals surface area contributed by atoms with Gasteiger partial charge in [-0.25, -0.2) is 13.4 Å². The minimum absolute atomic E-state index is 0.0476. The molecule has 0 saturated carbocycles. The second kappa shape index (κ2) is 4.91. The molecule has 2 aromatic rings. The molecule has 0 spiro atoms. The Morgan fingerprint density at radius 2 is 2.00 bits per heavy atom. The van der Waals surface area contributed by atoms with Crippen molar-refractivity contribution in [1.29, 1.82) is 0 Å². The van der Waals surface area contributed by atoms with Crippen molar-refractivity contribution in [3.8, 4) is 0 Å². The van der Waals surface area contributed by atoms with Gasteiger partial charge in [0.2, 0.25) is 0 Å². The molecule has 0 radical (unpaired) electrons. The van der Waals surface area contributed by atoms with Gasteiger partial charge in [-0.15, -0.1) is 0 Å². The van der Waals surface area contributed by atoms with E-state index in [-0.39, 0.29) is 5.92 Å². The van der Waals surface area contributed by atoms with Gasteiger partial charge in [0.05, 0.1) is 10.8 Å². The molecular formula is C12H15N3O2S. The van der Waals surface area contributed by atoms with Crippen LogP contribution < -0.4 is 5.73 Å². The summed E-state index contributed by atoms with van der Waals surface area (Å²) in [5.41, 5.74) is 6.69. The number of nitrogens with one attached hydrogen (secondary N) is 1. The number of aromatic nitrogens is 2. The summed E-state index contributed by atoms with van der Waals surface area (Å²) in [6.07, 6.45) is 4.60. The maximum Gasteiger partial charge on any atom is 0.175 e. The van der Waals surface area contributed by atoms with E-state index in [0.717, 1.165) is 11.4 Å². The number of aromatic amines is 1. The molecule has 1 unspecified atom stereocenters. The topological polar surface area (TPSA) is 88.8 Å². The van der Waals surface area contributed by atoms with Gasteiger partial charge in [-0.2, -0.15) is 0 Å². The molecule has 0 saturated heterocycles. The van der Waals surface area contributed by atoms with Crippen molar-refractivity contribution >= 4 is 9.84 Å². The normalized spacial score (nSPS) is 13.4. The maximum absolute atomic E-state index is 11.4. The Hall–Kier alpha value is -1.66. The molecule has 0 amide bonds. The highest BCUT2D eigenvalue weighted by molar-refractivity contribution is 7.90. The average Bonchev–Trinajstić information content (AvgIpc) is 2.83. The summed E-state index contributed by atoms with van der Waals surface area (Å²) < 4.78 is 22.7. The van der Waals surface area contributed by atoms with Crippen molar-refractivity contribution in [1.82, 2.24) is 9.97 Å². The highest BCUT2D eigenvalue weighted by Crippen LogP contribution is 2.22. The van der Waals surface area contributed by atoms with E-state index in [0.29, 0.717) is 11.4 Å². The number of hydrogen-bond donors (Lipinski definition) is 2. The molecule has 0 aliphatic heterocycles. The van der Waals surface area contributed by atoms with Crippen LogP contribution >= 0.6 is 0 Å². The van der Waals surface area contributed by atoms with E-state index in [1.807, 2.05) is 0 Å². The molecule has 5 nitrogen and oxygen atoms in total. The zero-order chi connectivity index (χ0) is 13.2. The Labute approximate surface area is 106 Å². The number of H-pyrrole nitrogens is 1. The molecule has 0 bridgehead atoms. The lowest BCUT2D eigenvalue weighted by Gasteiger charge is -2.12. The molecule has 1 heterocycles. The van der Waals surface area contributed by atoms with Crippen LogP contribution in [0.25, 0.3) is 0 Å². The number of sulfone groups is 1. The van der Waals surface area contributed by atoms with Crippen LogP contribution in [-0.4, -0.2) is 31.2 Å². The lowest BCUT2D eigenvalue weighted by atomic mass is 9.99. The molecule has 0 aliphatic carbocycles. The lowest BCUT2D eigenvalue weighted by molar-refractivity contribution is 0.602. The quantitative estimate of drug-likeness (QED) is 0.859. The first-order chi connectivity index (χ1) is 8.52. The minimum Gasteiger partial charge on any atom is -0.348 e. The summed E-state index contributed by atoms with van der Waals surface area (Å²) in [6, 6.07) is 6.74. The maximum atomic E-state index is 11.4. The summed E-state index contributed by atoms with van der Waals surface area (Å²) in [5.74, 6) is 0.734. The second-order valence-electron chi connectivity index (χ2n) is 4.10. The summed E-state index contributed by atoms with van der Waals surface area (Å²) in [7, 11) is -3.16. The molecule has 96 valence electrons. The molecule has 1 aromatic carbocycles. The standard InChI is InChI=1S/C12H15N3O2S/c1-18(16,17)10-4-2-9(3-5-10)11(8-13)12-14-6-7-15-12/h2-7,11H,8,13H2,1H3,(H,14,15). The van der Waals surface area contributed by atoms with Gasteiger partial charge >= 0.3 is 0 Å². The summed E-state index contributed by atoms with van der Waals surface area (Å²) in [4.78, 5) is 7.51. The number of imidazole rings is 1. The molecule has 18 heavy (non-hydrogen) atoms. The molecule has 0 fully saturated rings. The third-order valence-electron chi connectivity index (χ3n) is 2.80. The summed E-state index contributed by atoms with van der Waals surface area (Å²) in [5, 5.41) is 0. The first kappa shape index (κ1) is 12.8. The molecule has 1 atom stereocenters. The van der Waals surface area contributed by atoms with Gasteiger partial charge in [-0.3, -0.25) is 0 Å². The van der Waals surface area contributed by atoms with E-state index >= 15 is 0 Å². The second-order valence-corrected chi connectivity index (χ2v) is 6.12. The fourth-order valence-corrected chi connectivity index (χ4v) is 2.45. The Kier molecular flexibility index (Phi) is 3.49. The Balaban J connectivity index is 2.34. The zero-order valence-electron chi connectivity index (χ0n) is 10.00. The fourth-order valence-electron chi connectivity index (χ4n) is 1.82. The molecule has 2 rings (SSSR count). The van der Waals surface area contributed by atoms with Gasteiger partial charge < -0.3 is 10.7 Å². The van der Waals surface area contributed by atoms with Crippen LogP contribution in [0.3, 0.4) is 0 Å². The Bertz CT molecular complexity index is 603. The predicted octanol–water partition coefficient (Wildman–Crippen LogP) is 0.904. The van der Waals surface area contributed by atoms with Gasteiger partial charge in [0.25, 0.3) is 0 Å². The smallest absolute Gasteiger partial charge is 0.175 e. The van der Waals surface area contributed by atoms with E-state index < -0.39 is 9.84 Å². The predicted molar refractivity (Wildman–Crippen MR) is 69.0 cm³/mol. The van der Waals surface area contributed by atoms with E-state index in [1.54, 1.807) is 36.7 Å². The Morgan fingerprint density at radius 3 is 2.44 bits per heavy atom. The Morgan fingerprint density at radius 1 is 1.33 bits per heavy atom. The average molecular weight is 265 g/mol. The highest BCUT2D eigenvalue weighted by atomic mass is 32.2. The largest absolute Gasteiger partial charge is 0.348 e. The monoisotopic (exact) mass is 265 g/mol. The lowest BCUT2D eigenvalue weighted by Crippen LogP contribution is -2.15. The molecule has 3 N–H and O–H groups in total.